The van der Waals surface area contributed by atoms with Crippen LogP contribution in [0.25, 0.3) is 0 Å². The number of ether oxygens (including phenoxy) is 1. The summed E-state index contributed by atoms with van der Waals surface area (Å²) in [5.74, 6) is -0.367. The topological polar surface area (TPSA) is 29.5 Å². The molecule has 1 atom stereocenters. The number of carbonyl (C=O) groups is 1. The molecule has 0 amide bonds. The quantitative estimate of drug-likeness (QED) is 0.768. The lowest BCUT2D eigenvalue weighted by Gasteiger charge is -2.32. The number of ketones is 1. The molecule has 1 aliphatic rings. The third-order valence-corrected chi connectivity index (χ3v) is 3.28. The van der Waals surface area contributed by atoms with E-state index < -0.39 is 0 Å². The highest BCUT2D eigenvalue weighted by molar-refractivity contribution is 5.96. The predicted molar refractivity (Wildman–Crippen MR) is 67.2 cm³/mol. The van der Waals surface area contributed by atoms with Gasteiger partial charge in [-0.25, -0.2) is 4.39 Å². The van der Waals surface area contributed by atoms with Crippen LogP contribution in [0.5, 0.6) is 0 Å². The van der Waals surface area contributed by atoms with E-state index in [1.165, 1.54) is 12.1 Å². The fourth-order valence-corrected chi connectivity index (χ4v) is 2.15. The van der Waals surface area contributed by atoms with E-state index in [2.05, 4.69) is 11.8 Å². The van der Waals surface area contributed by atoms with E-state index in [4.69, 9.17) is 4.74 Å². The summed E-state index contributed by atoms with van der Waals surface area (Å²) >= 11 is 0. The molecule has 1 saturated heterocycles. The molecule has 1 aliphatic heterocycles. The zero-order valence-electron chi connectivity index (χ0n) is 10.6. The molecule has 1 aromatic rings. The highest BCUT2D eigenvalue weighted by Gasteiger charge is 2.19. The Morgan fingerprint density at radius 3 is 3.11 bits per heavy atom. The second kappa shape index (κ2) is 6.07. The number of hydrogen-bond acceptors (Lipinski definition) is 3. The van der Waals surface area contributed by atoms with E-state index >= 15 is 0 Å². The first-order valence-corrected chi connectivity index (χ1v) is 6.27. The standard InChI is InChI=1S/C14H18FNO2/c1-11-10-18-8-7-16(11)6-5-14(17)12-3-2-4-13(15)9-12/h2-4,9,11H,5-8,10H2,1H3. The number of nitrogens with zero attached hydrogens (tertiary/aromatic N) is 1. The Hall–Kier alpha value is -1.26. The molecular weight excluding hydrogens is 233 g/mol. The zero-order valence-corrected chi connectivity index (χ0v) is 10.6. The van der Waals surface area contributed by atoms with Gasteiger partial charge in [-0.15, -0.1) is 0 Å². The van der Waals surface area contributed by atoms with Crippen molar-refractivity contribution in [2.75, 3.05) is 26.3 Å². The van der Waals surface area contributed by atoms with E-state index in [0.29, 0.717) is 31.2 Å². The first kappa shape index (κ1) is 13.2. The maximum Gasteiger partial charge on any atom is 0.164 e. The van der Waals surface area contributed by atoms with Crippen LogP contribution < -0.4 is 0 Å². The van der Waals surface area contributed by atoms with Crippen molar-refractivity contribution in [3.63, 3.8) is 0 Å². The van der Waals surface area contributed by atoms with Crippen LogP contribution in [0.3, 0.4) is 0 Å². The minimum absolute atomic E-state index is 0.00630. The molecule has 0 radical (unpaired) electrons. The number of hydrogen-bond donors (Lipinski definition) is 0. The average molecular weight is 251 g/mol. The number of morpholine rings is 1. The first-order valence-electron chi connectivity index (χ1n) is 6.27. The highest BCUT2D eigenvalue weighted by Crippen LogP contribution is 2.10. The third-order valence-electron chi connectivity index (χ3n) is 3.28. The Kier molecular flexibility index (Phi) is 4.44. The number of halogens is 1. The molecule has 4 heteroatoms. The minimum atomic E-state index is -0.361. The van der Waals surface area contributed by atoms with Gasteiger partial charge in [-0.2, -0.15) is 0 Å². The Morgan fingerprint density at radius 2 is 2.39 bits per heavy atom. The largest absolute Gasteiger partial charge is 0.379 e. The lowest BCUT2D eigenvalue weighted by atomic mass is 10.1. The van der Waals surface area contributed by atoms with Gasteiger partial charge in [0.05, 0.1) is 13.2 Å². The maximum atomic E-state index is 13.0. The maximum absolute atomic E-state index is 13.0. The van der Waals surface area contributed by atoms with Crippen molar-refractivity contribution in [2.45, 2.75) is 19.4 Å². The molecule has 0 aromatic heterocycles. The minimum Gasteiger partial charge on any atom is -0.379 e. The van der Waals surface area contributed by atoms with Crippen molar-refractivity contribution in [3.05, 3.63) is 35.6 Å². The van der Waals surface area contributed by atoms with E-state index in [9.17, 15) is 9.18 Å². The first-order chi connectivity index (χ1) is 8.66. The summed E-state index contributed by atoms with van der Waals surface area (Å²) in [7, 11) is 0. The summed E-state index contributed by atoms with van der Waals surface area (Å²) in [4.78, 5) is 14.2. The van der Waals surface area contributed by atoms with Crippen LogP contribution in [-0.2, 0) is 4.74 Å². The Labute approximate surface area is 107 Å². The monoisotopic (exact) mass is 251 g/mol. The van der Waals surface area contributed by atoms with Crippen molar-refractivity contribution < 1.29 is 13.9 Å². The summed E-state index contributed by atoms with van der Waals surface area (Å²) in [5.41, 5.74) is 0.455. The Morgan fingerprint density at radius 1 is 1.56 bits per heavy atom. The van der Waals surface area contributed by atoms with E-state index in [-0.39, 0.29) is 11.6 Å². The lowest BCUT2D eigenvalue weighted by Crippen LogP contribution is -2.44. The molecule has 0 spiro atoms. The van der Waals surface area contributed by atoms with E-state index in [1.807, 2.05) is 0 Å². The second-order valence-corrected chi connectivity index (χ2v) is 4.64. The van der Waals surface area contributed by atoms with E-state index in [0.717, 1.165) is 13.2 Å². The SMILES string of the molecule is CC1COCCN1CCC(=O)c1cccc(F)c1. The molecule has 1 unspecified atom stereocenters. The zero-order chi connectivity index (χ0) is 13.0. The molecule has 1 heterocycles. The molecule has 1 fully saturated rings. The van der Waals surface area contributed by atoms with Gasteiger partial charge in [-0.05, 0) is 19.1 Å². The van der Waals surface area contributed by atoms with Crippen LogP contribution in [0.2, 0.25) is 0 Å². The van der Waals surface area contributed by atoms with E-state index in [1.54, 1.807) is 12.1 Å². The summed E-state index contributed by atoms with van der Waals surface area (Å²) in [5, 5.41) is 0. The fraction of sp³-hybridized carbons (Fsp3) is 0.500. The number of carbonyl (C=O) groups excluding carboxylic acids is 1. The van der Waals surface area contributed by atoms with Gasteiger partial charge < -0.3 is 4.74 Å². The summed E-state index contributed by atoms with van der Waals surface area (Å²) < 4.78 is 18.3. The molecule has 0 saturated carbocycles. The summed E-state index contributed by atoms with van der Waals surface area (Å²) in [6.07, 6.45) is 0.424. The van der Waals surface area contributed by atoms with Crippen molar-refractivity contribution in [2.24, 2.45) is 0 Å². The Balaban J connectivity index is 1.88. The van der Waals surface area contributed by atoms with Crippen LogP contribution in [0.1, 0.15) is 23.7 Å². The molecular formula is C14H18FNO2. The summed E-state index contributed by atoms with van der Waals surface area (Å²) in [6, 6.07) is 6.22. The molecule has 0 aliphatic carbocycles. The number of Topliss-reactive ketones (excluding diaryl/α,β-unsaturated/α-hetero) is 1. The van der Waals surface area contributed by atoms with Gasteiger partial charge in [-0.1, -0.05) is 12.1 Å². The molecule has 18 heavy (non-hydrogen) atoms. The van der Waals surface area contributed by atoms with Gasteiger partial charge in [0.2, 0.25) is 0 Å². The molecule has 0 N–H and O–H groups in total. The Bertz CT molecular complexity index is 422. The molecule has 1 aromatic carbocycles. The highest BCUT2D eigenvalue weighted by atomic mass is 19.1. The third kappa shape index (κ3) is 3.37. The van der Waals surface area contributed by atoms with Gasteiger partial charge in [0.1, 0.15) is 5.82 Å². The normalized spacial score (nSPS) is 20.9. The van der Waals surface area contributed by atoms with Crippen LogP contribution >= 0.6 is 0 Å². The van der Waals surface area contributed by atoms with Crippen molar-refractivity contribution >= 4 is 5.78 Å². The van der Waals surface area contributed by atoms with Gasteiger partial charge in [0.15, 0.2) is 5.78 Å². The van der Waals surface area contributed by atoms with Crippen LogP contribution in [-0.4, -0.2) is 43.0 Å². The van der Waals surface area contributed by atoms with Crippen LogP contribution in [0, 0.1) is 5.82 Å². The molecule has 2 rings (SSSR count). The summed E-state index contributed by atoms with van der Waals surface area (Å²) in [6.45, 7) is 5.09. The van der Waals surface area contributed by atoms with Gasteiger partial charge in [0.25, 0.3) is 0 Å². The van der Waals surface area contributed by atoms with Crippen molar-refractivity contribution in [3.8, 4) is 0 Å². The van der Waals surface area contributed by atoms with Gasteiger partial charge in [0, 0.05) is 31.1 Å². The van der Waals surface area contributed by atoms with Gasteiger partial charge >= 0.3 is 0 Å². The van der Waals surface area contributed by atoms with Crippen molar-refractivity contribution in [1.29, 1.82) is 0 Å². The van der Waals surface area contributed by atoms with Crippen molar-refractivity contribution in [1.82, 2.24) is 4.90 Å². The second-order valence-electron chi connectivity index (χ2n) is 4.64. The average Bonchev–Trinajstić information content (AvgIpc) is 2.37. The molecule has 0 bridgehead atoms. The fourth-order valence-electron chi connectivity index (χ4n) is 2.15. The van der Waals surface area contributed by atoms with Gasteiger partial charge in [-0.3, -0.25) is 9.69 Å². The smallest absolute Gasteiger partial charge is 0.164 e. The van der Waals surface area contributed by atoms with Crippen LogP contribution in [0.15, 0.2) is 24.3 Å². The number of benzene rings is 1. The predicted octanol–water partition coefficient (Wildman–Crippen LogP) is 2.12. The molecule has 3 nitrogen and oxygen atoms in total. The van der Waals surface area contributed by atoms with Crippen LogP contribution in [0.4, 0.5) is 4.39 Å². The molecule has 98 valence electrons. The lowest BCUT2D eigenvalue weighted by molar-refractivity contribution is -0.000209. The number of rotatable bonds is 4.